The van der Waals surface area contributed by atoms with Crippen LogP contribution >= 0.6 is 0 Å². The lowest BCUT2D eigenvalue weighted by Gasteiger charge is -2.25. The van der Waals surface area contributed by atoms with E-state index in [2.05, 4.69) is 56.4 Å². The molecule has 0 bridgehead atoms. The molecule has 4 heterocycles. The molecule has 0 spiro atoms. The molecule has 0 aliphatic carbocycles. The van der Waals surface area contributed by atoms with E-state index in [1.165, 1.54) is 9.31 Å². The molecule has 0 saturated carbocycles. The lowest BCUT2D eigenvalue weighted by molar-refractivity contribution is 0.0271. The Bertz CT molecular complexity index is 1810. The third-order valence-electron chi connectivity index (χ3n) is 11.6. The Morgan fingerprint density at radius 2 is 0.921 bits per heavy atom. The Balaban J connectivity index is 1.20. The van der Waals surface area contributed by atoms with Gasteiger partial charge in [0, 0.05) is 90.1 Å². The fourth-order valence-corrected chi connectivity index (χ4v) is 7.74. The summed E-state index contributed by atoms with van der Waals surface area (Å²) in [5, 5.41) is 8.53. The van der Waals surface area contributed by atoms with Crippen molar-refractivity contribution < 1.29 is 33.1 Å². The molecule has 1 aromatic rings. The van der Waals surface area contributed by atoms with E-state index in [9.17, 15) is 24.0 Å². The summed E-state index contributed by atoms with van der Waals surface area (Å²) in [6, 6.07) is 1.62. The number of ether oxygens (including phenoxy) is 3. The monoisotopic (exact) mass is 892 g/mol. The largest absolute Gasteiger partial charge is 0.442 e. The van der Waals surface area contributed by atoms with Gasteiger partial charge in [-0.15, -0.1) is 0 Å². The molecule has 18 heteroatoms. The molecule has 3 fully saturated rings. The van der Waals surface area contributed by atoms with Crippen LogP contribution in [0.1, 0.15) is 139 Å². The van der Waals surface area contributed by atoms with Gasteiger partial charge in [-0.3, -0.25) is 24.1 Å². The summed E-state index contributed by atoms with van der Waals surface area (Å²) in [4.78, 5) is 75.3. The second-order valence-corrected chi connectivity index (χ2v) is 19.9. The standard InChI is InChI=1S/C45H81N9O9/c1-34-28-50(34)31-43(4,5)60-39(56)47-23-17-11-10-16-22-46-37-38(55)53(26-20-14-12-18-24-48-40(57)61-44(6,7)32-51-29-35(51)2)42(59)54(63-37)27-21-15-13-19-25-49-41(58)62-45(8,9)33-52-30-36(52)3/h34-36H,10-33H2,1-9H3,(H,47,56)(H,48,57)(H,49,58). The summed E-state index contributed by atoms with van der Waals surface area (Å²) in [5.74, 6) is 0. The van der Waals surface area contributed by atoms with Crippen LogP contribution in [-0.4, -0.2) is 143 Å². The summed E-state index contributed by atoms with van der Waals surface area (Å²) in [6.45, 7) is 25.6. The number of carbonyl (C=O) groups excluding carboxylic acids is 3. The van der Waals surface area contributed by atoms with Gasteiger partial charge in [0.05, 0.1) is 6.54 Å². The first-order valence-electron chi connectivity index (χ1n) is 23.7. The van der Waals surface area contributed by atoms with Crippen molar-refractivity contribution in [2.24, 2.45) is 4.99 Å². The number of carbonyl (C=O) groups is 3. The van der Waals surface area contributed by atoms with E-state index in [4.69, 9.17) is 18.7 Å². The van der Waals surface area contributed by atoms with E-state index in [1.807, 2.05) is 41.5 Å². The van der Waals surface area contributed by atoms with Gasteiger partial charge in [-0.2, -0.15) is 4.74 Å². The number of hydrogen-bond acceptors (Lipinski definition) is 13. The SMILES string of the molecule is CC1CN1CC(C)(C)OC(=O)NCCCCCCN=c1on(CCCCCCNC(=O)OC(C)(C)CN2CC2C)c(=O)n(CCCCCCNC(=O)OC(C)(C)CN2CC2C)c1=O. The van der Waals surface area contributed by atoms with Crippen LogP contribution in [-0.2, 0) is 27.3 Å². The molecule has 63 heavy (non-hydrogen) atoms. The van der Waals surface area contributed by atoms with Gasteiger partial charge in [-0.1, -0.05) is 38.5 Å². The molecule has 0 radical (unpaired) electrons. The van der Waals surface area contributed by atoms with Gasteiger partial charge >= 0.3 is 35.1 Å². The van der Waals surface area contributed by atoms with E-state index < -0.39 is 46.3 Å². The van der Waals surface area contributed by atoms with E-state index in [0.29, 0.717) is 89.7 Å². The molecule has 18 nitrogen and oxygen atoms in total. The number of amides is 3. The van der Waals surface area contributed by atoms with Crippen molar-refractivity contribution in [3.8, 4) is 0 Å². The predicted octanol–water partition coefficient (Wildman–Crippen LogP) is 4.81. The van der Waals surface area contributed by atoms with Gasteiger partial charge in [0.15, 0.2) is 0 Å². The zero-order valence-corrected chi connectivity index (χ0v) is 40.1. The Labute approximate surface area is 374 Å². The average molecular weight is 892 g/mol. The fraction of sp³-hybridized carbons (Fsp3) is 0.867. The minimum Gasteiger partial charge on any atom is -0.442 e. The number of nitrogens with one attached hydrogen (secondary N) is 3. The lowest BCUT2D eigenvalue weighted by atomic mass is 10.1. The van der Waals surface area contributed by atoms with E-state index >= 15 is 0 Å². The number of unbranched alkanes of at least 4 members (excludes halogenated alkanes) is 9. The van der Waals surface area contributed by atoms with Crippen LogP contribution < -0.4 is 32.8 Å². The van der Waals surface area contributed by atoms with Crippen LogP contribution in [0.5, 0.6) is 0 Å². The molecule has 3 aliphatic heterocycles. The Kier molecular flexibility index (Phi) is 20.0. The Morgan fingerprint density at radius 3 is 1.30 bits per heavy atom. The van der Waals surface area contributed by atoms with Crippen molar-refractivity contribution in [3.63, 3.8) is 0 Å². The van der Waals surface area contributed by atoms with Crippen LogP contribution in [0.3, 0.4) is 0 Å². The number of aromatic nitrogens is 2. The van der Waals surface area contributed by atoms with Gasteiger partial charge in [0.2, 0.25) is 0 Å². The third-order valence-corrected chi connectivity index (χ3v) is 11.6. The minimum atomic E-state index is -0.568. The third kappa shape index (κ3) is 20.2. The highest BCUT2D eigenvalue weighted by Crippen LogP contribution is 2.24. The second-order valence-electron chi connectivity index (χ2n) is 19.9. The van der Waals surface area contributed by atoms with E-state index in [1.54, 1.807) is 0 Å². The normalized spacial score (nSPS) is 22.0. The number of nitrogens with zero attached hydrogens (tertiary/aromatic N) is 6. The van der Waals surface area contributed by atoms with Gasteiger partial charge in [0.1, 0.15) is 16.8 Å². The summed E-state index contributed by atoms with van der Waals surface area (Å²) < 4.78 is 25.2. The Hall–Kier alpha value is -3.90. The summed E-state index contributed by atoms with van der Waals surface area (Å²) in [7, 11) is 0. The first kappa shape index (κ1) is 51.7. The van der Waals surface area contributed by atoms with Crippen molar-refractivity contribution in [2.75, 3.05) is 65.4 Å². The molecule has 3 saturated heterocycles. The van der Waals surface area contributed by atoms with Crippen LogP contribution in [0.2, 0.25) is 0 Å². The maximum absolute atomic E-state index is 13.5. The van der Waals surface area contributed by atoms with Gasteiger partial charge < -0.3 is 34.7 Å². The van der Waals surface area contributed by atoms with Crippen LogP contribution in [0.4, 0.5) is 14.4 Å². The zero-order valence-electron chi connectivity index (χ0n) is 40.1. The zero-order chi connectivity index (χ0) is 46.2. The van der Waals surface area contributed by atoms with Crippen molar-refractivity contribution in [3.05, 3.63) is 26.4 Å². The van der Waals surface area contributed by atoms with E-state index in [0.717, 1.165) is 77.4 Å². The van der Waals surface area contributed by atoms with E-state index in [-0.39, 0.29) is 12.1 Å². The molecular formula is C45H81N9O9. The van der Waals surface area contributed by atoms with Crippen molar-refractivity contribution in [2.45, 2.75) is 187 Å². The number of alkyl carbamates (subject to hydrolysis) is 3. The highest BCUT2D eigenvalue weighted by Gasteiger charge is 2.38. The molecule has 1 aromatic heterocycles. The first-order chi connectivity index (χ1) is 29.7. The second kappa shape index (κ2) is 24.4. The highest BCUT2D eigenvalue weighted by molar-refractivity contribution is 5.68. The fourth-order valence-electron chi connectivity index (χ4n) is 7.74. The smallest absolute Gasteiger partial charge is 0.407 e. The van der Waals surface area contributed by atoms with Gasteiger partial charge in [-0.05, 0) is 101 Å². The van der Waals surface area contributed by atoms with Crippen molar-refractivity contribution in [1.82, 2.24) is 40.0 Å². The number of aryl methyl sites for hydroxylation is 1. The van der Waals surface area contributed by atoms with Crippen LogP contribution in [0, 0.1) is 0 Å². The minimum absolute atomic E-state index is 0.0873. The molecule has 0 aromatic carbocycles. The lowest BCUT2D eigenvalue weighted by Crippen LogP contribution is -2.48. The van der Waals surface area contributed by atoms with Crippen LogP contribution in [0.15, 0.2) is 19.1 Å². The maximum Gasteiger partial charge on any atom is 0.407 e. The summed E-state index contributed by atoms with van der Waals surface area (Å²) in [5.41, 5.74) is -2.81. The molecule has 3 N–H and O–H groups in total. The quantitative estimate of drug-likeness (QED) is 0.0543. The number of hydrogen-bond donors (Lipinski definition) is 3. The molecule has 360 valence electrons. The Morgan fingerprint density at radius 1 is 0.571 bits per heavy atom. The molecule has 4 rings (SSSR count). The molecular weight excluding hydrogens is 811 g/mol. The molecule has 3 aliphatic rings. The van der Waals surface area contributed by atoms with Gasteiger partial charge in [0.25, 0.3) is 0 Å². The van der Waals surface area contributed by atoms with Crippen molar-refractivity contribution in [1.29, 1.82) is 0 Å². The van der Waals surface area contributed by atoms with Crippen molar-refractivity contribution >= 4 is 18.3 Å². The number of rotatable bonds is 30. The maximum atomic E-state index is 13.5. The molecule has 3 amide bonds. The molecule has 6 atom stereocenters. The topological polar surface area (TPSA) is 194 Å². The predicted molar refractivity (Wildman–Crippen MR) is 242 cm³/mol. The first-order valence-corrected chi connectivity index (χ1v) is 23.7. The van der Waals surface area contributed by atoms with Gasteiger partial charge in [-0.25, -0.2) is 24.2 Å². The highest BCUT2D eigenvalue weighted by atomic mass is 16.6. The van der Waals surface area contributed by atoms with Crippen LogP contribution in [0.25, 0.3) is 0 Å². The summed E-state index contributed by atoms with van der Waals surface area (Å²) in [6.07, 6.45) is 7.90. The summed E-state index contributed by atoms with van der Waals surface area (Å²) >= 11 is 0. The average Bonchev–Trinajstić information content (AvgIpc) is 4.15. The molecule has 6 unspecified atom stereocenters.